The monoisotopic (exact) mass is 496 g/mol. The molecule has 3 aliphatic heterocycles. The Morgan fingerprint density at radius 3 is 2.40 bits per heavy atom. The van der Waals surface area contributed by atoms with Crippen LogP contribution in [0.25, 0.3) is 22.4 Å². The number of imidazole rings is 1. The number of piperidine rings is 1. The van der Waals surface area contributed by atoms with E-state index >= 15 is 0 Å². The molecule has 0 aliphatic carbocycles. The molecule has 3 aromatic rings. The highest BCUT2D eigenvalue weighted by Gasteiger charge is 2.30. The summed E-state index contributed by atoms with van der Waals surface area (Å²) in [4.78, 5) is 31.0. The topological polar surface area (TPSA) is 86.8 Å². The average molecular weight is 497 g/mol. The second-order valence-corrected chi connectivity index (χ2v) is 9.71. The molecule has 3 fully saturated rings. The van der Waals surface area contributed by atoms with Gasteiger partial charge < -0.3 is 29.2 Å². The second-order valence-electron chi connectivity index (χ2n) is 9.31. The molecule has 2 aromatic heterocycles. The van der Waals surface area contributed by atoms with E-state index in [2.05, 4.69) is 27.0 Å². The Hall–Kier alpha value is -3.04. The van der Waals surface area contributed by atoms with Gasteiger partial charge in [-0.3, -0.25) is 0 Å². The fraction of sp³-hybridized carbons (Fsp3) is 0.480. The van der Waals surface area contributed by atoms with Crippen molar-refractivity contribution in [2.45, 2.75) is 25.4 Å². The third-order valence-electron chi connectivity index (χ3n) is 7.04. The quantitative estimate of drug-likeness (QED) is 0.591. The summed E-state index contributed by atoms with van der Waals surface area (Å²) in [5.74, 6) is 0. The van der Waals surface area contributed by atoms with E-state index in [0.29, 0.717) is 35.5 Å². The number of fused-ring (bicyclic) bond motifs is 1. The highest BCUT2D eigenvalue weighted by Crippen LogP contribution is 2.31. The van der Waals surface area contributed by atoms with Crippen molar-refractivity contribution in [3.63, 3.8) is 0 Å². The van der Waals surface area contributed by atoms with Gasteiger partial charge in [-0.25, -0.2) is 9.78 Å². The van der Waals surface area contributed by atoms with Crippen LogP contribution in [0.4, 0.5) is 10.5 Å². The Balaban J connectivity index is 1.13. The van der Waals surface area contributed by atoms with Gasteiger partial charge in [0, 0.05) is 63.4 Å². The van der Waals surface area contributed by atoms with Crippen LogP contribution in [-0.4, -0.2) is 89.4 Å². The first-order valence-corrected chi connectivity index (χ1v) is 12.7. The van der Waals surface area contributed by atoms with Crippen LogP contribution in [0, 0.1) is 0 Å². The summed E-state index contributed by atoms with van der Waals surface area (Å²) in [6, 6.07) is 10.7. The van der Waals surface area contributed by atoms with Gasteiger partial charge in [0.15, 0.2) is 5.65 Å². The van der Waals surface area contributed by atoms with Crippen LogP contribution >= 0.6 is 11.6 Å². The summed E-state index contributed by atoms with van der Waals surface area (Å²) in [6.07, 6.45) is 2.69. The van der Waals surface area contributed by atoms with Gasteiger partial charge in [0.05, 0.1) is 29.4 Å². The first kappa shape index (κ1) is 22.4. The van der Waals surface area contributed by atoms with Gasteiger partial charge in [-0.2, -0.15) is 4.98 Å². The largest absolute Gasteiger partial charge is 0.461 e. The predicted octanol–water partition coefficient (Wildman–Crippen LogP) is 3.78. The number of morpholine rings is 1. The lowest BCUT2D eigenvalue weighted by Gasteiger charge is -2.39. The predicted molar refractivity (Wildman–Crippen MR) is 134 cm³/mol. The van der Waals surface area contributed by atoms with Gasteiger partial charge in [-0.15, -0.1) is 0 Å². The van der Waals surface area contributed by atoms with Crippen LogP contribution in [-0.2, 0) is 4.74 Å². The number of carbonyl (C=O) groups is 1. The van der Waals surface area contributed by atoms with Crippen LogP contribution in [0.5, 0.6) is 6.01 Å². The Morgan fingerprint density at radius 2 is 1.71 bits per heavy atom. The number of halogens is 1. The summed E-state index contributed by atoms with van der Waals surface area (Å²) in [5.41, 5.74) is 4.12. The highest BCUT2D eigenvalue weighted by atomic mass is 35.5. The smallest absolute Gasteiger partial charge is 0.320 e. The van der Waals surface area contributed by atoms with Crippen molar-refractivity contribution in [2.24, 2.45) is 0 Å². The zero-order chi connectivity index (χ0) is 23.8. The van der Waals surface area contributed by atoms with Crippen LogP contribution in [0.3, 0.4) is 0 Å². The number of H-pyrrole nitrogens is 1. The van der Waals surface area contributed by atoms with Crippen molar-refractivity contribution in [2.75, 3.05) is 57.4 Å². The number of amides is 2. The summed E-state index contributed by atoms with van der Waals surface area (Å²) >= 11 is 6.60. The van der Waals surface area contributed by atoms with Gasteiger partial charge in [-0.1, -0.05) is 23.7 Å². The van der Waals surface area contributed by atoms with E-state index in [0.717, 1.165) is 69.7 Å². The van der Waals surface area contributed by atoms with E-state index in [1.165, 1.54) is 5.69 Å². The molecule has 6 rings (SSSR count). The molecule has 2 amide bonds. The molecule has 0 saturated carbocycles. The minimum Gasteiger partial charge on any atom is -0.461 e. The minimum atomic E-state index is 0.0127. The lowest BCUT2D eigenvalue weighted by molar-refractivity contribution is 0.0799. The molecule has 1 aromatic carbocycles. The third-order valence-corrected chi connectivity index (χ3v) is 7.33. The van der Waals surface area contributed by atoms with Gasteiger partial charge in [0.2, 0.25) is 0 Å². The van der Waals surface area contributed by atoms with Crippen molar-refractivity contribution >= 4 is 34.5 Å². The van der Waals surface area contributed by atoms with E-state index in [1.807, 2.05) is 28.0 Å². The van der Waals surface area contributed by atoms with Gasteiger partial charge in [0.25, 0.3) is 6.01 Å². The number of anilines is 1. The summed E-state index contributed by atoms with van der Waals surface area (Å²) in [7, 11) is 0. The number of carbonyl (C=O) groups excluding carboxylic acids is 1. The molecule has 0 spiro atoms. The Labute approximate surface area is 209 Å². The van der Waals surface area contributed by atoms with Crippen molar-refractivity contribution < 1.29 is 14.3 Å². The zero-order valence-corrected chi connectivity index (χ0v) is 20.3. The van der Waals surface area contributed by atoms with Crippen molar-refractivity contribution in [3.05, 3.63) is 35.4 Å². The number of ether oxygens (including phenoxy) is 2. The molecule has 5 heterocycles. The molecule has 0 radical (unpaired) electrons. The minimum absolute atomic E-state index is 0.0127. The number of benzene rings is 1. The van der Waals surface area contributed by atoms with Gasteiger partial charge in [-0.05, 0) is 24.6 Å². The molecule has 9 nitrogen and oxygen atoms in total. The number of aromatic nitrogens is 3. The van der Waals surface area contributed by atoms with E-state index in [-0.39, 0.29) is 12.1 Å². The SMILES string of the molecule is O=C(N1CCC1)N1CCC(Oc2nc3nc(-c4ccc(N5CCOCC5)cc4)c(Cl)cc3[nH]2)CC1. The third kappa shape index (κ3) is 4.62. The maximum atomic E-state index is 12.4. The number of hydrogen-bond donors (Lipinski definition) is 1. The normalized spacial score (nSPS) is 19.2. The molecule has 0 bridgehead atoms. The van der Waals surface area contributed by atoms with Crippen LogP contribution in [0.2, 0.25) is 5.02 Å². The fourth-order valence-electron chi connectivity index (χ4n) is 4.84. The van der Waals surface area contributed by atoms with E-state index < -0.39 is 0 Å². The fourth-order valence-corrected chi connectivity index (χ4v) is 5.10. The molecule has 1 N–H and O–H groups in total. The molecule has 3 saturated heterocycles. The van der Waals surface area contributed by atoms with Crippen LogP contribution in [0.15, 0.2) is 30.3 Å². The number of nitrogens with one attached hydrogen (secondary N) is 1. The van der Waals surface area contributed by atoms with Crippen LogP contribution in [0.1, 0.15) is 19.3 Å². The molecule has 184 valence electrons. The highest BCUT2D eigenvalue weighted by molar-refractivity contribution is 6.33. The molecule has 10 heteroatoms. The number of pyridine rings is 1. The molecule has 35 heavy (non-hydrogen) atoms. The maximum absolute atomic E-state index is 12.4. The van der Waals surface area contributed by atoms with Gasteiger partial charge >= 0.3 is 6.03 Å². The van der Waals surface area contributed by atoms with Crippen molar-refractivity contribution in [1.29, 1.82) is 0 Å². The number of nitrogens with zero attached hydrogens (tertiary/aromatic N) is 5. The summed E-state index contributed by atoms with van der Waals surface area (Å²) < 4.78 is 11.6. The first-order chi connectivity index (χ1) is 17.1. The van der Waals surface area contributed by atoms with Crippen molar-refractivity contribution in [3.8, 4) is 17.3 Å². The van der Waals surface area contributed by atoms with E-state index in [1.54, 1.807) is 0 Å². The van der Waals surface area contributed by atoms with E-state index in [9.17, 15) is 4.79 Å². The summed E-state index contributed by atoms with van der Waals surface area (Å²) in [6.45, 7) is 6.47. The average Bonchev–Trinajstić information content (AvgIpc) is 3.24. The standard InChI is InChI=1S/C25H29ClN6O3/c26-20-16-21-23(28-22(20)17-2-4-18(5-3-17)30-12-14-34-15-13-30)29-24(27-21)35-19-6-10-32(11-7-19)25(33)31-8-1-9-31/h2-5,16,19H,1,6-15H2,(H,27,28,29). The molecule has 3 aliphatic rings. The Kier molecular flexibility index (Phi) is 6.12. The van der Waals surface area contributed by atoms with E-state index in [4.69, 9.17) is 26.1 Å². The lowest BCUT2D eigenvalue weighted by atomic mass is 10.1. The van der Waals surface area contributed by atoms with Crippen molar-refractivity contribution in [1.82, 2.24) is 24.8 Å². The number of rotatable bonds is 4. The number of urea groups is 1. The molecule has 0 unspecified atom stereocenters. The number of aromatic amines is 1. The number of likely N-dealkylation sites (tertiary alicyclic amines) is 2. The molecular formula is C25H29ClN6O3. The second kappa shape index (κ2) is 9.54. The summed E-state index contributed by atoms with van der Waals surface area (Å²) in [5, 5.41) is 0.560. The molecule has 0 atom stereocenters. The van der Waals surface area contributed by atoms with Gasteiger partial charge in [0.1, 0.15) is 6.10 Å². The first-order valence-electron chi connectivity index (χ1n) is 12.3. The van der Waals surface area contributed by atoms with Crippen LogP contribution < -0.4 is 9.64 Å². The zero-order valence-electron chi connectivity index (χ0n) is 19.6. The molecular weight excluding hydrogens is 468 g/mol. The Bertz CT molecular complexity index is 1200. The maximum Gasteiger partial charge on any atom is 0.320 e. The Morgan fingerprint density at radius 1 is 1.00 bits per heavy atom. The lowest BCUT2D eigenvalue weighted by Crippen LogP contribution is -2.52. The number of hydrogen-bond acceptors (Lipinski definition) is 6.